The van der Waals surface area contributed by atoms with Crippen LogP contribution in [0.3, 0.4) is 0 Å². The quantitative estimate of drug-likeness (QED) is 0.491. The van der Waals surface area contributed by atoms with Crippen molar-refractivity contribution in [2.45, 2.75) is 66.2 Å². The molecule has 0 spiro atoms. The van der Waals surface area contributed by atoms with Crippen molar-refractivity contribution in [1.29, 1.82) is 0 Å². The van der Waals surface area contributed by atoms with E-state index in [-0.39, 0.29) is 0 Å². The SMILES string of the molecule is CC1=CCP(=O)(c2c(C(C)C)cc(C(C)C)cc2C(C)C)C1. The molecule has 1 aliphatic heterocycles. The predicted octanol–water partition coefficient (Wildman–Crippen LogP) is 6.01. The highest BCUT2D eigenvalue weighted by atomic mass is 31.2. The van der Waals surface area contributed by atoms with Gasteiger partial charge in [-0.05, 0) is 41.4 Å². The molecular formula is C20H31OP. The van der Waals surface area contributed by atoms with Gasteiger partial charge >= 0.3 is 0 Å². The third-order valence-corrected chi connectivity index (χ3v) is 7.86. The molecule has 0 amide bonds. The van der Waals surface area contributed by atoms with E-state index in [0.717, 1.165) is 12.3 Å². The number of hydrogen-bond donors (Lipinski definition) is 0. The Hall–Kier alpha value is -0.810. The Balaban J connectivity index is 2.73. The van der Waals surface area contributed by atoms with E-state index in [1.165, 1.54) is 27.6 Å². The fourth-order valence-electron chi connectivity index (χ4n) is 3.39. The van der Waals surface area contributed by atoms with Crippen LogP contribution in [0, 0.1) is 0 Å². The van der Waals surface area contributed by atoms with Crippen LogP contribution < -0.4 is 5.30 Å². The summed E-state index contributed by atoms with van der Waals surface area (Å²) in [6.45, 7) is 15.5. The van der Waals surface area contributed by atoms with Crippen LogP contribution in [0.1, 0.15) is 82.9 Å². The normalized spacial score (nSPS) is 22.0. The topological polar surface area (TPSA) is 17.1 Å². The Kier molecular flexibility index (Phi) is 5.07. The Morgan fingerprint density at radius 2 is 1.41 bits per heavy atom. The van der Waals surface area contributed by atoms with E-state index >= 15 is 0 Å². The molecule has 0 N–H and O–H groups in total. The molecule has 22 heavy (non-hydrogen) atoms. The minimum atomic E-state index is -2.30. The molecule has 1 aliphatic rings. The fourth-order valence-corrected chi connectivity index (χ4v) is 6.99. The summed E-state index contributed by atoms with van der Waals surface area (Å²) in [7, 11) is -2.30. The monoisotopic (exact) mass is 318 g/mol. The van der Waals surface area contributed by atoms with Gasteiger partial charge in [0.1, 0.15) is 7.14 Å². The standard InChI is InChI=1S/C20H31OP/c1-13(2)17-10-18(14(3)4)20(19(11-17)15(5)6)22(21)9-8-16(7)12-22/h8,10-11,13-15H,9,12H2,1-7H3. The summed E-state index contributed by atoms with van der Waals surface area (Å²) >= 11 is 0. The van der Waals surface area contributed by atoms with E-state index in [0.29, 0.717) is 17.8 Å². The zero-order chi connectivity index (χ0) is 16.7. The summed E-state index contributed by atoms with van der Waals surface area (Å²) in [5, 5.41) is 1.20. The number of benzene rings is 1. The molecule has 1 aromatic rings. The van der Waals surface area contributed by atoms with Crippen LogP contribution in [0.2, 0.25) is 0 Å². The van der Waals surface area contributed by atoms with Crippen LogP contribution in [0.25, 0.3) is 0 Å². The molecule has 0 bridgehead atoms. The van der Waals surface area contributed by atoms with E-state index in [9.17, 15) is 4.57 Å². The van der Waals surface area contributed by atoms with Gasteiger partial charge in [0, 0.05) is 17.6 Å². The number of rotatable bonds is 4. The molecule has 0 radical (unpaired) electrons. The van der Waals surface area contributed by atoms with E-state index in [1.807, 2.05) is 0 Å². The lowest BCUT2D eigenvalue weighted by atomic mass is 9.89. The highest BCUT2D eigenvalue weighted by molar-refractivity contribution is 7.72. The van der Waals surface area contributed by atoms with Gasteiger partial charge in [0.05, 0.1) is 0 Å². The van der Waals surface area contributed by atoms with Crippen LogP contribution in [0.15, 0.2) is 23.8 Å². The van der Waals surface area contributed by atoms with Crippen LogP contribution in [0.5, 0.6) is 0 Å². The van der Waals surface area contributed by atoms with Crippen molar-refractivity contribution < 1.29 is 4.57 Å². The summed E-state index contributed by atoms with van der Waals surface area (Å²) in [5.74, 6) is 1.34. The molecular weight excluding hydrogens is 287 g/mol. The second kappa shape index (κ2) is 6.36. The summed E-state index contributed by atoms with van der Waals surface area (Å²) in [6.07, 6.45) is 3.71. The second-order valence-corrected chi connectivity index (χ2v) is 10.7. The highest BCUT2D eigenvalue weighted by Crippen LogP contribution is 2.53. The van der Waals surface area contributed by atoms with Gasteiger partial charge in [0.15, 0.2) is 0 Å². The summed E-state index contributed by atoms with van der Waals surface area (Å²) < 4.78 is 13.7. The van der Waals surface area contributed by atoms with Gasteiger partial charge in [-0.15, -0.1) is 0 Å². The predicted molar refractivity (Wildman–Crippen MR) is 99.4 cm³/mol. The molecule has 1 nitrogen and oxygen atoms in total. The zero-order valence-corrected chi connectivity index (χ0v) is 16.1. The Morgan fingerprint density at radius 3 is 1.73 bits per heavy atom. The van der Waals surface area contributed by atoms with Crippen molar-refractivity contribution in [3.05, 3.63) is 40.5 Å². The van der Waals surface area contributed by atoms with Crippen LogP contribution in [0.4, 0.5) is 0 Å². The molecule has 1 aromatic carbocycles. The lowest BCUT2D eigenvalue weighted by Gasteiger charge is -2.27. The summed E-state index contributed by atoms with van der Waals surface area (Å²) in [4.78, 5) is 0. The third kappa shape index (κ3) is 3.25. The van der Waals surface area contributed by atoms with Gasteiger partial charge < -0.3 is 4.57 Å². The van der Waals surface area contributed by atoms with E-state index in [4.69, 9.17) is 0 Å². The molecule has 1 atom stereocenters. The fraction of sp³-hybridized carbons (Fsp3) is 0.600. The minimum Gasteiger partial charge on any atom is -0.318 e. The van der Waals surface area contributed by atoms with E-state index < -0.39 is 7.14 Å². The first-order chi connectivity index (χ1) is 10.2. The average Bonchev–Trinajstić information content (AvgIpc) is 2.77. The van der Waals surface area contributed by atoms with Gasteiger partial charge in [-0.3, -0.25) is 0 Å². The maximum Gasteiger partial charge on any atom is 0.123 e. The van der Waals surface area contributed by atoms with E-state index in [2.05, 4.69) is 66.7 Å². The minimum absolute atomic E-state index is 0.415. The lowest BCUT2D eigenvalue weighted by Crippen LogP contribution is -2.21. The smallest absolute Gasteiger partial charge is 0.123 e. The van der Waals surface area contributed by atoms with Crippen molar-refractivity contribution in [2.24, 2.45) is 0 Å². The van der Waals surface area contributed by atoms with Gasteiger partial charge in [-0.1, -0.05) is 65.3 Å². The van der Waals surface area contributed by atoms with Crippen LogP contribution in [-0.2, 0) is 4.57 Å². The molecule has 0 saturated heterocycles. The van der Waals surface area contributed by atoms with Crippen molar-refractivity contribution in [2.75, 3.05) is 12.3 Å². The van der Waals surface area contributed by atoms with Crippen molar-refractivity contribution in [3.63, 3.8) is 0 Å². The third-order valence-electron chi connectivity index (χ3n) is 4.75. The van der Waals surface area contributed by atoms with Crippen molar-refractivity contribution >= 4 is 12.4 Å². The summed E-state index contributed by atoms with van der Waals surface area (Å²) in [5.41, 5.74) is 5.31. The molecule has 1 unspecified atom stereocenters. The van der Waals surface area contributed by atoms with Gasteiger partial charge in [-0.2, -0.15) is 0 Å². The first-order valence-corrected chi connectivity index (χ1v) is 10.7. The Bertz CT molecular complexity index is 606. The lowest BCUT2D eigenvalue weighted by molar-refractivity contribution is 0.584. The molecule has 0 aromatic heterocycles. The Labute approximate surface area is 136 Å². The molecule has 0 fully saturated rings. The largest absolute Gasteiger partial charge is 0.318 e. The van der Waals surface area contributed by atoms with Crippen LogP contribution >= 0.6 is 7.14 Å². The van der Waals surface area contributed by atoms with Gasteiger partial charge in [0.2, 0.25) is 0 Å². The van der Waals surface area contributed by atoms with Crippen molar-refractivity contribution in [3.8, 4) is 0 Å². The first-order valence-electron chi connectivity index (χ1n) is 8.57. The maximum absolute atomic E-state index is 13.7. The second-order valence-electron chi connectivity index (χ2n) is 7.79. The first kappa shape index (κ1) is 17.5. The molecule has 0 aliphatic carbocycles. The molecule has 122 valence electrons. The van der Waals surface area contributed by atoms with Crippen molar-refractivity contribution in [1.82, 2.24) is 0 Å². The number of hydrogen-bond acceptors (Lipinski definition) is 1. The van der Waals surface area contributed by atoms with Gasteiger partial charge in [0.25, 0.3) is 0 Å². The maximum atomic E-state index is 13.7. The Morgan fingerprint density at radius 1 is 0.909 bits per heavy atom. The molecule has 1 heterocycles. The molecule has 2 heteroatoms. The molecule has 0 saturated carbocycles. The van der Waals surface area contributed by atoms with E-state index in [1.54, 1.807) is 0 Å². The van der Waals surface area contributed by atoms with Gasteiger partial charge in [-0.25, -0.2) is 0 Å². The number of allylic oxidation sites excluding steroid dienone is 2. The zero-order valence-electron chi connectivity index (χ0n) is 15.2. The highest BCUT2D eigenvalue weighted by Gasteiger charge is 2.34. The molecule has 2 rings (SSSR count). The average molecular weight is 318 g/mol. The van der Waals surface area contributed by atoms with Crippen LogP contribution in [-0.4, -0.2) is 12.3 Å². The summed E-state index contributed by atoms with van der Waals surface area (Å²) in [6, 6.07) is 4.65.